The van der Waals surface area contributed by atoms with Gasteiger partial charge in [0.2, 0.25) is 0 Å². The van der Waals surface area contributed by atoms with Crippen molar-refractivity contribution in [2.75, 3.05) is 13.1 Å². The Morgan fingerprint density at radius 1 is 1.08 bits per heavy atom. The molecule has 0 aromatic carbocycles. The lowest BCUT2D eigenvalue weighted by molar-refractivity contribution is 0.125. The summed E-state index contributed by atoms with van der Waals surface area (Å²) >= 11 is 0. The molecule has 0 aromatic rings. The van der Waals surface area contributed by atoms with Gasteiger partial charge in [-0.1, -0.05) is 0 Å². The van der Waals surface area contributed by atoms with E-state index >= 15 is 0 Å². The molecule has 0 N–H and O–H groups in total. The highest BCUT2D eigenvalue weighted by Gasteiger charge is 2.42. The predicted octanol–water partition coefficient (Wildman–Crippen LogP) is 2.26. The monoisotopic (exact) mass is 207 g/mol. The van der Waals surface area contributed by atoms with Gasteiger partial charge in [-0.15, -0.1) is 0 Å². The average Bonchev–Trinajstić information content (AvgIpc) is 2.60. The third-order valence-electron chi connectivity index (χ3n) is 1.46. The molecule has 78 valence electrons. The largest absolute Gasteiger partial charge is 0.408 e. The second-order valence-corrected chi connectivity index (χ2v) is 5.65. The topological polar surface area (TPSA) is 38.5 Å². The predicted molar refractivity (Wildman–Crippen MR) is 51.6 cm³/mol. The zero-order chi connectivity index (χ0) is 10.1. The Bertz CT molecular complexity index is 199. The van der Waals surface area contributed by atoms with Gasteiger partial charge in [0.1, 0.15) is 0 Å². The Labute approximate surface area is 79.8 Å². The van der Waals surface area contributed by atoms with Crippen LogP contribution in [-0.4, -0.2) is 30.0 Å². The first-order valence-electron chi connectivity index (χ1n) is 4.66. The maximum atomic E-state index is 12.1. The van der Waals surface area contributed by atoms with Crippen LogP contribution >= 0.6 is 7.75 Å². The molecular weight excluding hydrogens is 189 g/mol. The molecule has 0 unspecified atom stereocenters. The van der Waals surface area contributed by atoms with Gasteiger partial charge < -0.3 is 0 Å². The van der Waals surface area contributed by atoms with E-state index < -0.39 is 7.75 Å². The van der Waals surface area contributed by atoms with Gasteiger partial charge in [-0.3, -0.25) is 9.05 Å². The van der Waals surface area contributed by atoms with Crippen molar-refractivity contribution in [1.82, 2.24) is 4.67 Å². The van der Waals surface area contributed by atoms with Crippen LogP contribution in [0.15, 0.2) is 0 Å². The van der Waals surface area contributed by atoms with Gasteiger partial charge in [-0.25, -0.2) is 9.24 Å². The molecule has 1 rings (SSSR count). The number of rotatable bonds is 5. The van der Waals surface area contributed by atoms with E-state index in [1.165, 1.54) is 0 Å². The maximum absolute atomic E-state index is 12.1. The molecule has 0 amide bonds. The number of hydrogen-bond acceptors (Lipinski definition) is 3. The van der Waals surface area contributed by atoms with Crippen LogP contribution in [0.25, 0.3) is 0 Å². The molecule has 0 aromatic heterocycles. The first-order chi connectivity index (χ1) is 5.94. The van der Waals surface area contributed by atoms with E-state index in [2.05, 4.69) is 0 Å². The van der Waals surface area contributed by atoms with Crippen LogP contribution in [0.1, 0.15) is 27.7 Å². The Hall–Kier alpha value is 0.110. The summed E-state index contributed by atoms with van der Waals surface area (Å²) in [5.41, 5.74) is 0. The van der Waals surface area contributed by atoms with Crippen LogP contribution in [0, 0.1) is 0 Å². The number of hydrogen-bond donors (Lipinski definition) is 0. The fourth-order valence-electron chi connectivity index (χ4n) is 0.981. The van der Waals surface area contributed by atoms with E-state index in [0.29, 0.717) is 0 Å². The third kappa shape index (κ3) is 3.39. The molecule has 0 atom stereocenters. The Morgan fingerprint density at radius 2 is 1.46 bits per heavy atom. The SMILES string of the molecule is CC(C)OP(=O)(OC(C)C)N1CC1. The van der Waals surface area contributed by atoms with Crippen molar-refractivity contribution >= 4 is 7.75 Å². The molecule has 5 heteroatoms. The highest BCUT2D eigenvalue weighted by molar-refractivity contribution is 7.51. The summed E-state index contributed by atoms with van der Waals surface area (Å²) in [6.45, 7) is 9.08. The lowest BCUT2D eigenvalue weighted by Gasteiger charge is -2.22. The summed E-state index contributed by atoms with van der Waals surface area (Å²) in [6, 6.07) is 0. The van der Waals surface area contributed by atoms with Gasteiger partial charge in [0, 0.05) is 13.1 Å². The van der Waals surface area contributed by atoms with Crippen LogP contribution in [0.3, 0.4) is 0 Å². The van der Waals surface area contributed by atoms with Crippen LogP contribution < -0.4 is 0 Å². The molecule has 0 saturated carbocycles. The smallest absolute Gasteiger partial charge is 0.294 e. The van der Waals surface area contributed by atoms with E-state index in [9.17, 15) is 4.57 Å². The first-order valence-corrected chi connectivity index (χ1v) is 6.16. The van der Waals surface area contributed by atoms with Crippen molar-refractivity contribution < 1.29 is 13.6 Å². The molecule has 0 radical (unpaired) electrons. The van der Waals surface area contributed by atoms with Crippen LogP contribution in [-0.2, 0) is 13.6 Å². The van der Waals surface area contributed by atoms with E-state index in [1.54, 1.807) is 4.67 Å². The van der Waals surface area contributed by atoms with Gasteiger partial charge in [0.25, 0.3) is 0 Å². The first kappa shape index (κ1) is 11.2. The van der Waals surface area contributed by atoms with Crippen molar-refractivity contribution in [2.45, 2.75) is 39.9 Å². The lowest BCUT2D eigenvalue weighted by Crippen LogP contribution is -2.12. The molecule has 1 heterocycles. The quantitative estimate of drug-likeness (QED) is 0.512. The van der Waals surface area contributed by atoms with Crippen molar-refractivity contribution in [2.24, 2.45) is 0 Å². The Kier molecular flexibility index (Phi) is 3.52. The molecule has 1 fully saturated rings. The fraction of sp³-hybridized carbons (Fsp3) is 1.00. The summed E-state index contributed by atoms with van der Waals surface area (Å²) in [6.07, 6.45) is -0.129. The summed E-state index contributed by atoms with van der Waals surface area (Å²) in [5.74, 6) is 0. The van der Waals surface area contributed by atoms with Crippen molar-refractivity contribution in [3.8, 4) is 0 Å². The van der Waals surface area contributed by atoms with Crippen molar-refractivity contribution in [3.05, 3.63) is 0 Å². The third-order valence-corrected chi connectivity index (χ3v) is 3.93. The van der Waals surface area contributed by atoms with Gasteiger partial charge in [0.15, 0.2) is 0 Å². The molecule has 1 aliphatic rings. The van der Waals surface area contributed by atoms with E-state index in [-0.39, 0.29) is 12.2 Å². The van der Waals surface area contributed by atoms with Crippen LogP contribution in [0.2, 0.25) is 0 Å². The van der Waals surface area contributed by atoms with Gasteiger partial charge in [0.05, 0.1) is 12.2 Å². The van der Waals surface area contributed by atoms with E-state index in [1.807, 2.05) is 27.7 Å². The van der Waals surface area contributed by atoms with E-state index in [0.717, 1.165) is 13.1 Å². The molecule has 0 aliphatic carbocycles. The minimum atomic E-state index is -2.96. The summed E-state index contributed by atoms with van der Waals surface area (Å²) in [7, 11) is -2.96. The lowest BCUT2D eigenvalue weighted by atomic mass is 10.5. The molecule has 1 saturated heterocycles. The molecule has 4 nitrogen and oxygen atoms in total. The molecule has 0 bridgehead atoms. The van der Waals surface area contributed by atoms with Gasteiger partial charge >= 0.3 is 7.75 Å². The normalized spacial score (nSPS) is 18.6. The Balaban J connectivity index is 2.57. The minimum absolute atomic E-state index is 0.0646. The maximum Gasteiger partial charge on any atom is 0.408 e. The highest BCUT2D eigenvalue weighted by Crippen LogP contribution is 2.57. The van der Waals surface area contributed by atoms with Crippen LogP contribution in [0.4, 0.5) is 0 Å². The zero-order valence-corrected chi connectivity index (χ0v) is 9.58. The summed E-state index contributed by atoms with van der Waals surface area (Å²) in [5, 5.41) is 0. The molecule has 0 spiro atoms. The second-order valence-electron chi connectivity index (χ2n) is 3.73. The summed E-state index contributed by atoms with van der Waals surface area (Å²) < 4.78 is 24.5. The summed E-state index contributed by atoms with van der Waals surface area (Å²) in [4.78, 5) is 0. The van der Waals surface area contributed by atoms with E-state index in [4.69, 9.17) is 9.05 Å². The number of nitrogens with zero attached hydrogens (tertiary/aromatic N) is 1. The molecule has 1 aliphatic heterocycles. The van der Waals surface area contributed by atoms with Crippen molar-refractivity contribution in [1.29, 1.82) is 0 Å². The zero-order valence-electron chi connectivity index (χ0n) is 8.69. The average molecular weight is 207 g/mol. The Morgan fingerprint density at radius 3 is 1.69 bits per heavy atom. The van der Waals surface area contributed by atoms with Gasteiger partial charge in [-0.05, 0) is 27.7 Å². The van der Waals surface area contributed by atoms with Crippen LogP contribution in [0.5, 0.6) is 0 Å². The van der Waals surface area contributed by atoms with Gasteiger partial charge in [-0.2, -0.15) is 0 Å². The molecular formula is C8H18NO3P. The van der Waals surface area contributed by atoms with Crippen molar-refractivity contribution in [3.63, 3.8) is 0 Å². The standard InChI is InChI=1S/C8H18NO3P/c1-7(2)11-13(10,9-5-6-9)12-8(3)4/h7-8H,5-6H2,1-4H3. The molecule has 13 heavy (non-hydrogen) atoms. The minimum Gasteiger partial charge on any atom is -0.294 e. The fourth-order valence-corrected chi connectivity index (χ4v) is 2.94. The highest BCUT2D eigenvalue weighted by atomic mass is 31.2. The second kappa shape index (κ2) is 4.09.